The highest BCUT2D eigenvalue weighted by Crippen LogP contribution is 2.11. The Balaban J connectivity index is 2.38. The quantitative estimate of drug-likeness (QED) is 0.517. The fourth-order valence-corrected chi connectivity index (χ4v) is 1.09. The number of amides is 1. The first-order chi connectivity index (χ1) is 5.25. The molecule has 0 N–H and O–H groups in total. The molecular weight excluding hydrogens is 142 g/mol. The number of ether oxygens (including phenoxy) is 1. The predicted octanol–water partition coefficient (Wildman–Crippen LogP) is -0.133. The molecule has 1 aliphatic rings. The SMILES string of the molecule is C#CCOC1CCN(C)C1=O. The molecule has 0 bridgehead atoms. The van der Waals surface area contributed by atoms with Crippen molar-refractivity contribution in [3.8, 4) is 12.3 Å². The Morgan fingerprint density at radius 1 is 1.91 bits per heavy atom. The summed E-state index contributed by atoms with van der Waals surface area (Å²) in [5.74, 6) is 2.38. The Kier molecular flexibility index (Phi) is 2.50. The third-order valence-corrected chi connectivity index (χ3v) is 1.75. The maximum atomic E-state index is 11.1. The van der Waals surface area contributed by atoms with Gasteiger partial charge in [-0.3, -0.25) is 4.79 Å². The minimum atomic E-state index is -0.295. The molecule has 1 saturated heterocycles. The number of likely N-dealkylation sites (tertiary alicyclic amines) is 1. The maximum absolute atomic E-state index is 11.1. The van der Waals surface area contributed by atoms with E-state index < -0.39 is 0 Å². The van der Waals surface area contributed by atoms with E-state index in [0.29, 0.717) is 0 Å². The Morgan fingerprint density at radius 3 is 3.09 bits per heavy atom. The first kappa shape index (κ1) is 8.09. The van der Waals surface area contributed by atoms with E-state index in [-0.39, 0.29) is 18.6 Å². The maximum Gasteiger partial charge on any atom is 0.251 e. The third kappa shape index (κ3) is 1.72. The fraction of sp³-hybridized carbons (Fsp3) is 0.625. The lowest BCUT2D eigenvalue weighted by atomic mass is 10.3. The minimum absolute atomic E-state index is 0.0419. The van der Waals surface area contributed by atoms with Crippen LogP contribution in [0.25, 0.3) is 0 Å². The summed E-state index contributed by atoms with van der Waals surface area (Å²) in [6.07, 6.45) is 5.45. The molecule has 0 aromatic carbocycles. The zero-order chi connectivity index (χ0) is 8.27. The normalized spacial score (nSPS) is 23.8. The van der Waals surface area contributed by atoms with Crippen LogP contribution in [-0.2, 0) is 9.53 Å². The number of hydrogen-bond donors (Lipinski definition) is 0. The van der Waals surface area contributed by atoms with Crippen molar-refractivity contribution in [1.82, 2.24) is 4.90 Å². The molecule has 0 spiro atoms. The van der Waals surface area contributed by atoms with E-state index in [4.69, 9.17) is 11.2 Å². The topological polar surface area (TPSA) is 29.5 Å². The molecule has 0 aromatic heterocycles. The van der Waals surface area contributed by atoms with Gasteiger partial charge in [0, 0.05) is 20.0 Å². The Morgan fingerprint density at radius 2 is 2.64 bits per heavy atom. The molecule has 3 nitrogen and oxygen atoms in total. The molecule has 60 valence electrons. The molecule has 0 aromatic rings. The summed E-state index contributed by atoms with van der Waals surface area (Å²) in [6, 6.07) is 0. The summed E-state index contributed by atoms with van der Waals surface area (Å²) in [5.41, 5.74) is 0. The van der Waals surface area contributed by atoms with Crippen LogP contribution in [0.5, 0.6) is 0 Å². The second-order valence-electron chi connectivity index (χ2n) is 2.55. The van der Waals surface area contributed by atoms with Crippen molar-refractivity contribution in [3.05, 3.63) is 0 Å². The van der Waals surface area contributed by atoms with Crippen LogP contribution in [0.15, 0.2) is 0 Å². The highest BCUT2D eigenvalue weighted by Gasteiger charge is 2.29. The average molecular weight is 153 g/mol. The lowest BCUT2D eigenvalue weighted by molar-refractivity contribution is -0.135. The van der Waals surface area contributed by atoms with E-state index in [1.807, 2.05) is 0 Å². The summed E-state index contributed by atoms with van der Waals surface area (Å²) >= 11 is 0. The monoisotopic (exact) mass is 153 g/mol. The van der Waals surface area contributed by atoms with E-state index in [1.54, 1.807) is 11.9 Å². The van der Waals surface area contributed by atoms with Crippen LogP contribution in [0.1, 0.15) is 6.42 Å². The smallest absolute Gasteiger partial charge is 0.251 e. The summed E-state index contributed by atoms with van der Waals surface area (Å²) in [4.78, 5) is 12.8. The molecule has 0 aliphatic carbocycles. The number of rotatable bonds is 2. The molecule has 1 heterocycles. The van der Waals surface area contributed by atoms with Crippen molar-refractivity contribution in [3.63, 3.8) is 0 Å². The van der Waals surface area contributed by atoms with E-state index in [1.165, 1.54) is 0 Å². The Hall–Kier alpha value is -1.01. The van der Waals surface area contributed by atoms with Crippen LogP contribution < -0.4 is 0 Å². The zero-order valence-corrected chi connectivity index (χ0v) is 6.54. The molecule has 1 rings (SSSR count). The number of hydrogen-bond acceptors (Lipinski definition) is 2. The molecular formula is C8H11NO2. The van der Waals surface area contributed by atoms with Gasteiger partial charge in [-0.25, -0.2) is 0 Å². The zero-order valence-electron chi connectivity index (χ0n) is 6.54. The molecule has 1 amide bonds. The molecule has 1 aliphatic heterocycles. The molecule has 11 heavy (non-hydrogen) atoms. The van der Waals surface area contributed by atoms with Crippen molar-refractivity contribution in [2.75, 3.05) is 20.2 Å². The molecule has 0 radical (unpaired) electrons. The number of carbonyl (C=O) groups excluding carboxylic acids is 1. The first-order valence-corrected chi connectivity index (χ1v) is 3.55. The van der Waals surface area contributed by atoms with Gasteiger partial charge < -0.3 is 9.64 Å². The van der Waals surface area contributed by atoms with Crippen molar-refractivity contribution < 1.29 is 9.53 Å². The standard InChI is InChI=1S/C8H11NO2/c1-3-6-11-7-4-5-9(2)8(7)10/h1,7H,4-6H2,2H3. The summed E-state index contributed by atoms with van der Waals surface area (Å²) in [7, 11) is 1.77. The first-order valence-electron chi connectivity index (χ1n) is 3.55. The van der Waals surface area contributed by atoms with Crippen LogP contribution in [0.4, 0.5) is 0 Å². The van der Waals surface area contributed by atoms with Gasteiger partial charge in [-0.1, -0.05) is 5.92 Å². The summed E-state index contributed by atoms with van der Waals surface area (Å²) in [5, 5.41) is 0. The van der Waals surface area contributed by atoms with Gasteiger partial charge >= 0.3 is 0 Å². The van der Waals surface area contributed by atoms with Gasteiger partial charge in [-0.15, -0.1) is 6.42 Å². The average Bonchev–Trinajstić information content (AvgIpc) is 2.31. The van der Waals surface area contributed by atoms with Gasteiger partial charge in [0.1, 0.15) is 12.7 Å². The van der Waals surface area contributed by atoms with Gasteiger partial charge in [0.05, 0.1) is 0 Å². The number of carbonyl (C=O) groups is 1. The van der Waals surface area contributed by atoms with Gasteiger partial charge in [-0.05, 0) is 0 Å². The van der Waals surface area contributed by atoms with Crippen molar-refractivity contribution >= 4 is 5.91 Å². The van der Waals surface area contributed by atoms with Gasteiger partial charge in [0.25, 0.3) is 5.91 Å². The molecule has 1 fully saturated rings. The van der Waals surface area contributed by atoms with Crippen LogP contribution in [0.3, 0.4) is 0 Å². The van der Waals surface area contributed by atoms with E-state index in [9.17, 15) is 4.79 Å². The highest BCUT2D eigenvalue weighted by molar-refractivity contribution is 5.82. The Labute approximate surface area is 66.3 Å². The number of nitrogens with zero attached hydrogens (tertiary/aromatic N) is 1. The molecule has 0 saturated carbocycles. The highest BCUT2D eigenvalue weighted by atomic mass is 16.5. The number of likely N-dealkylation sites (N-methyl/N-ethyl adjacent to an activating group) is 1. The summed E-state index contributed by atoms with van der Waals surface area (Å²) in [6.45, 7) is 0.998. The fourth-order valence-electron chi connectivity index (χ4n) is 1.09. The van der Waals surface area contributed by atoms with Crippen molar-refractivity contribution in [2.24, 2.45) is 0 Å². The van der Waals surface area contributed by atoms with Crippen LogP contribution in [0, 0.1) is 12.3 Å². The largest absolute Gasteiger partial charge is 0.356 e. The third-order valence-electron chi connectivity index (χ3n) is 1.75. The molecule has 1 unspecified atom stereocenters. The van der Waals surface area contributed by atoms with Crippen molar-refractivity contribution in [2.45, 2.75) is 12.5 Å². The predicted molar refractivity (Wildman–Crippen MR) is 40.8 cm³/mol. The second-order valence-corrected chi connectivity index (χ2v) is 2.55. The number of terminal acetylenes is 1. The van der Waals surface area contributed by atoms with Gasteiger partial charge in [0.15, 0.2) is 0 Å². The van der Waals surface area contributed by atoms with E-state index in [2.05, 4.69) is 5.92 Å². The van der Waals surface area contributed by atoms with Crippen LogP contribution >= 0.6 is 0 Å². The van der Waals surface area contributed by atoms with Crippen LogP contribution in [0.2, 0.25) is 0 Å². The molecule has 1 atom stereocenters. The minimum Gasteiger partial charge on any atom is -0.356 e. The van der Waals surface area contributed by atoms with Crippen LogP contribution in [-0.4, -0.2) is 37.1 Å². The van der Waals surface area contributed by atoms with E-state index >= 15 is 0 Å². The van der Waals surface area contributed by atoms with Gasteiger partial charge in [0.2, 0.25) is 0 Å². The van der Waals surface area contributed by atoms with E-state index in [0.717, 1.165) is 13.0 Å². The second kappa shape index (κ2) is 3.40. The Bertz CT molecular complexity index is 195. The molecule has 3 heteroatoms. The van der Waals surface area contributed by atoms with Gasteiger partial charge in [-0.2, -0.15) is 0 Å². The summed E-state index contributed by atoms with van der Waals surface area (Å²) < 4.78 is 5.11. The lowest BCUT2D eigenvalue weighted by Gasteiger charge is -2.08. The lowest BCUT2D eigenvalue weighted by Crippen LogP contribution is -2.27. The van der Waals surface area contributed by atoms with Crippen molar-refractivity contribution in [1.29, 1.82) is 0 Å².